The summed E-state index contributed by atoms with van der Waals surface area (Å²) in [5.41, 5.74) is 1.12. The van der Waals surface area contributed by atoms with Crippen molar-refractivity contribution in [3.63, 3.8) is 0 Å². The zero-order valence-electron chi connectivity index (χ0n) is 12.3. The van der Waals surface area contributed by atoms with Crippen LogP contribution in [0.25, 0.3) is 0 Å². The molecule has 1 N–H and O–H groups in total. The van der Waals surface area contributed by atoms with Crippen LogP contribution in [-0.2, 0) is 10.3 Å². The minimum Gasteiger partial charge on any atom is -0.504 e. The van der Waals surface area contributed by atoms with Gasteiger partial charge in [0.2, 0.25) is 6.08 Å². The van der Waals surface area contributed by atoms with E-state index in [1.807, 2.05) is 6.07 Å². The average Bonchev–Trinajstić information content (AvgIpc) is 2.88. The fourth-order valence-corrected chi connectivity index (χ4v) is 3.19. The van der Waals surface area contributed by atoms with Crippen LogP contribution in [0.15, 0.2) is 17.1 Å². The molecule has 0 unspecified atom stereocenters. The zero-order chi connectivity index (χ0) is 14.8. The van der Waals surface area contributed by atoms with Crippen molar-refractivity contribution in [2.45, 2.75) is 51.0 Å². The Bertz CT molecular complexity index is 539. The molecule has 1 aromatic carbocycles. The molecule has 0 amide bonds. The predicted molar refractivity (Wildman–Crippen MR) is 77.0 cm³/mol. The van der Waals surface area contributed by atoms with E-state index in [0.717, 1.165) is 36.8 Å². The quantitative estimate of drug-likeness (QED) is 0.674. The van der Waals surface area contributed by atoms with Crippen LogP contribution in [0, 0.1) is 0 Å². The molecule has 0 atom stereocenters. The third-order valence-corrected chi connectivity index (χ3v) is 4.17. The summed E-state index contributed by atoms with van der Waals surface area (Å²) in [4.78, 5) is 15.0. The summed E-state index contributed by atoms with van der Waals surface area (Å²) in [6.45, 7) is 4.13. The number of rotatable bonds is 4. The normalized spacial score (nSPS) is 17.0. The van der Waals surface area contributed by atoms with Gasteiger partial charge >= 0.3 is 0 Å². The SMILES string of the molecule is COc1ccc(C(C)C)c(C2(N=C=O)CCCC2)c1O. The third-order valence-electron chi connectivity index (χ3n) is 4.17. The van der Waals surface area contributed by atoms with Gasteiger partial charge in [-0.25, -0.2) is 4.79 Å². The summed E-state index contributed by atoms with van der Waals surface area (Å²) in [6, 6.07) is 3.72. The molecule has 0 saturated heterocycles. The number of phenols is 1. The number of isocyanates is 1. The fraction of sp³-hybridized carbons (Fsp3) is 0.562. The van der Waals surface area contributed by atoms with E-state index in [2.05, 4.69) is 18.8 Å². The van der Waals surface area contributed by atoms with Gasteiger partial charge in [-0.15, -0.1) is 0 Å². The van der Waals surface area contributed by atoms with E-state index >= 15 is 0 Å². The maximum Gasteiger partial charge on any atom is 0.235 e. The molecule has 20 heavy (non-hydrogen) atoms. The summed E-state index contributed by atoms with van der Waals surface area (Å²) in [7, 11) is 1.53. The second kappa shape index (κ2) is 5.68. The number of aliphatic imine (C=N–C) groups is 1. The Hall–Kier alpha value is -1.80. The molecule has 0 heterocycles. The number of nitrogens with zero attached hydrogens (tertiary/aromatic N) is 1. The molecule has 0 radical (unpaired) electrons. The summed E-state index contributed by atoms with van der Waals surface area (Å²) < 4.78 is 5.21. The summed E-state index contributed by atoms with van der Waals surface area (Å²) >= 11 is 0. The van der Waals surface area contributed by atoms with Crippen molar-refractivity contribution in [1.29, 1.82) is 0 Å². The van der Waals surface area contributed by atoms with Gasteiger partial charge in [0.1, 0.15) is 5.54 Å². The first-order valence-electron chi connectivity index (χ1n) is 7.05. The second-order valence-corrected chi connectivity index (χ2v) is 5.68. The summed E-state index contributed by atoms with van der Waals surface area (Å²) in [5.74, 6) is 0.775. The van der Waals surface area contributed by atoms with Crippen molar-refractivity contribution in [2.24, 2.45) is 4.99 Å². The number of carbonyl (C=O) groups excluding carboxylic acids is 1. The van der Waals surface area contributed by atoms with Gasteiger partial charge in [-0.2, -0.15) is 4.99 Å². The Balaban J connectivity index is 2.71. The monoisotopic (exact) mass is 275 g/mol. The van der Waals surface area contributed by atoms with Crippen molar-refractivity contribution in [2.75, 3.05) is 7.11 Å². The molecule has 0 bridgehead atoms. The number of aromatic hydroxyl groups is 1. The molecule has 2 rings (SSSR count). The van der Waals surface area contributed by atoms with Gasteiger partial charge in [0.15, 0.2) is 11.5 Å². The van der Waals surface area contributed by atoms with Gasteiger partial charge in [-0.3, -0.25) is 0 Å². The van der Waals surface area contributed by atoms with Crippen molar-refractivity contribution in [3.8, 4) is 11.5 Å². The standard InChI is InChI=1S/C16H21NO3/c1-11(2)12-6-7-13(20-3)15(19)14(12)16(17-10-18)8-4-5-9-16/h6-7,11,19H,4-5,8-9H2,1-3H3. The van der Waals surface area contributed by atoms with Crippen LogP contribution in [0.3, 0.4) is 0 Å². The molecule has 4 heteroatoms. The number of methoxy groups -OCH3 is 1. The van der Waals surface area contributed by atoms with Crippen LogP contribution < -0.4 is 4.74 Å². The minimum absolute atomic E-state index is 0.111. The van der Waals surface area contributed by atoms with Crippen molar-refractivity contribution < 1.29 is 14.6 Å². The van der Waals surface area contributed by atoms with E-state index in [4.69, 9.17) is 4.74 Å². The van der Waals surface area contributed by atoms with Crippen molar-refractivity contribution >= 4 is 6.08 Å². The molecule has 0 aliphatic heterocycles. The lowest BCUT2D eigenvalue weighted by atomic mass is 9.81. The fourth-order valence-electron chi connectivity index (χ4n) is 3.19. The van der Waals surface area contributed by atoms with Crippen LogP contribution in [0.4, 0.5) is 0 Å². The van der Waals surface area contributed by atoms with E-state index < -0.39 is 5.54 Å². The first-order valence-corrected chi connectivity index (χ1v) is 7.05. The smallest absolute Gasteiger partial charge is 0.235 e. The predicted octanol–water partition coefficient (Wildman–Crippen LogP) is 3.63. The zero-order valence-corrected chi connectivity index (χ0v) is 12.3. The summed E-state index contributed by atoms with van der Waals surface area (Å²) in [5, 5.41) is 10.6. The highest BCUT2D eigenvalue weighted by Crippen LogP contribution is 2.50. The van der Waals surface area contributed by atoms with E-state index in [1.54, 1.807) is 12.1 Å². The second-order valence-electron chi connectivity index (χ2n) is 5.68. The van der Waals surface area contributed by atoms with Crippen LogP contribution in [0.1, 0.15) is 56.6 Å². The molecule has 1 fully saturated rings. The van der Waals surface area contributed by atoms with Crippen LogP contribution in [-0.4, -0.2) is 18.3 Å². The van der Waals surface area contributed by atoms with Gasteiger partial charge in [-0.05, 0) is 30.4 Å². The Morgan fingerprint density at radius 3 is 2.50 bits per heavy atom. The lowest BCUT2D eigenvalue weighted by molar-refractivity contribution is 0.353. The highest BCUT2D eigenvalue weighted by Gasteiger charge is 2.40. The molecular formula is C16H21NO3. The molecule has 0 spiro atoms. The Labute approximate surface area is 119 Å². The number of phenolic OH excluding ortho intramolecular Hbond substituents is 1. The van der Waals surface area contributed by atoms with E-state index in [-0.39, 0.29) is 11.7 Å². The number of ether oxygens (including phenoxy) is 1. The lowest BCUT2D eigenvalue weighted by Gasteiger charge is -2.28. The van der Waals surface area contributed by atoms with E-state index in [1.165, 1.54) is 7.11 Å². The molecule has 1 aliphatic rings. The average molecular weight is 275 g/mol. The largest absolute Gasteiger partial charge is 0.504 e. The molecular weight excluding hydrogens is 254 g/mol. The maximum atomic E-state index is 10.9. The maximum absolute atomic E-state index is 10.9. The lowest BCUT2D eigenvalue weighted by Crippen LogP contribution is -2.22. The van der Waals surface area contributed by atoms with Crippen LogP contribution >= 0.6 is 0 Å². The first kappa shape index (κ1) is 14.6. The highest BCUT2D eigenvalue weighted by molar-refractivity contribution is 5.55. The van der Waals surface area contributed by atoms with Crippen LogP contribution in [0.2, 0.25) is 0 Å². The van der Waals surface area contributed by atoms with Gasteiger partial charge < -0.3 is 9.84 Å². The van der Waals surface area contributed by atoms with Gasteiger partial charge in [0.25, 0.3) is 0 Å². The Kier molecular flexibility index (Phi) is 4.15. The van der Waals surface area contributed by atoms with Gasteiger partial charge in [0.05, 0.1) is 7.11 Å². The van der Waals surface area contributed by atoms with Gasteiger partial charge in [-0.1, -0.05) is 32.8 Å². The number of hydrogen-bond donors (Lipinski definition) is 1. The van der Waals surface area contributed by atoms with E-state index in [9.17, 15) is 9.90 Å². The van der Waals surface area contributed by atoms with Crippen LogP contribution in [0.5, 0.6) is 11.5 Å². The third kappa shape index (κ3) is 2.32. The first-order chi connectivity index (χ1) is 9.55. The summed E-state index contributed by atoms with van der Waals surface area (Å²) in [6.07, 6.45) is 5.23. The molecule has 0 aromatic heterocycles. The van der Waals surface area contributed by atoms with Crippen molar-refractivity contribution in [1.82, 2.24) is 0 Å². The Morgan fingerprint density at radius 1 is 1.35 bits per heavy atom. The molecule has 1 aromatic rings. The number of benzene rings is 1. The van der Waals surface area contributed by atoms with Gasteiger partial charge in [0, 0.05) is 5.56 Å². The molecule has 108 valence electrons. The van der Waals surface area contributed by atoms with Crippen molar-refractivity contribution in [3.05, 3.63) is 23.3 Å². The molecule has 1 aliphatic carbocycles. The number of hydrogen-bond acceptors (Lipinski definition) is 4. The Morgan fingerprint density at radius 2 is 2.00 bits per heavy atom. The van der Waals surface area contributed by atoms with E-state index in [0.29, 0.717) is 5.75 Å². The topological polar surface area (TPSA) is 58.9 Å². The minimum atomic E-state index is -0.639. The molecule has 1 saturated carbocycles. The molecule has 4 nitrogen and oxygen atoms in total. The highest BCUT2D eigenvalue weighted by atomic mass is 16.5.